The third kappa shape index (κ3) is 2.94. The van der Waals surface area contributed by atoms with Crippen molar-refractivity contribution in [2.45, 2.75) is 38.1 Å². The quantitative estimate of drug-likeness (QED) is 0.828. The normalized spacial score (nSPS) is 34.7. The van der Waals surface area contributed by atoms with E-state index in [0.717, 1.165) is 23.4 Å². The van der Waals surface area contributed by atoms with E-state index in [9.17, 15) is 18.0 Å². The lowest BCUT2D eigenvalue weighted by molar-refractivity contribution is -0.137. The second-order valence-electron chi connectivity index (χ2n) is 8.43. The van der Waals surface area contributed by atoms with E-state index in [2.05, 4.69) is 17.2 Å². The van der Waals surface area contributed by atoms with Crippen LogP contribution in [0.4, 0.5) is 18.9 Å². The van der Waals surface area contributed by atoms with Gasteiger partial charge in [0.15, 0.2) is 0 Å². The van der Waals surface area contributed by atoms with Crippen molar-refractivity contribution in [3.8, 4) is 0 Å². The van der Waals surface area contributed by atoms with E-state index in [1.807, 2.05) is 19.1 Å². The zero-order valence-electron chi connectivity index (χ0n) is 16.0. The molecule has 3 fully saturated rings. The molecule has 1 amide bonds. The summed E-state index contributed by atoms with van der Waals surface area (Å²) < 4.78 is 45.2. The molecule has 1 saturated carbocycles. The van der Waals surface area contributed by atoms with Crippen molar-refractivity contribution in [1.82, 2.24) is 4.98 Å². The Morgan fingerprint density at radius 3 is 2.62 bits per heavy atom. The number of halogens is 3. The highest BCUT2D eigenvalue weighted by Gasteiger charge is 2.72. The van der Waals surface area contributed by atoms with Crippen LogP contribution in [0.25, 0.3) is 0 Å². The van der Waals surface area contributed by atoms with Crippen LogP contribution < -0.4 is 5.32 Å². The molecular formula is C22H21F3N2O2. The number of nitrogens with zero attached hydrogens (tertiary/aromatic N) is 1. The molecule has 2 bridgehead atoms. The standard InChI is InChI=1S/C22H21F3N2O2/c1-10-8-12(6-7-26-10)17-18(20-16-11(2)15(16)19(17)29-20)21(28)27-14-5-3-4-13(9-14)22(23,24)25/h3-9,11,15-20H,1-2H3,(H,27,28)/t11-,15?,16?,17-,18-,19+,20-/m1/s1. The minimum atomic E-state index is -4.45. The van der Waals surface area contributed by atoms with Gasteiger partial charge in [0.1, 0.15) is 0 Å². The van der Waals surface area contributed by atoms with Crippen molar-refractivity contribution in [1.29, 1.82) is 0 Å². The van der Waals surface area contributed by atoms with E-state index in [0.29, 0.717) is 17.8 Å². The summed E-state index contributed by atoms with van der Waals surface area (Å²) in [6.45, 7) is 4.08. The molecule has 2 aromatic rings. The van der Waals surface area contributed by atoms with Gasteiger partial charge in [0, 0.05) is 23.5 Å². The fourth-order valence-electron chi connectivity index (χ4n) is 5.46. The molecule has 3 aliphatic rings. The van der Waals surface area contributed by atoms with Crippen molar-refractivity contribution in [3.05, 3.63) is 59.4 Å². The van der Waals surface area contributed by atoms with Gasteiger partial charge in [-0.15, -0.1) is 0 Å². The Balaban J connectivity index is 1.45. The molecule has 5 rings (SSSR count). The highest BCUT2D eigenvalue weighted by atomic mass is 19.4. The van der Waals surface area contributed by atoms with Crippen molar-refractivity contribution in [2.24, 2.45) is 23.7 Å². The van der Waals surface area contributed by atoms with Crippen LogP contribution in [0.15, 0.2) is 42.6 Å². The van der Waals surface area contributed by atoms with Gasteiger partial charge in [0.2, 0.25) is 5.91 Å². The molecule has 2 unspecified atom stereocenters. The monoisotopic (exact) mass is 402 g/mol. The number of fused-ring (bicyclic) bond motifs is 5. The van der Waals surface area contributed by atoms with Crippen LogP contribution in [0.1, 0.15) is 29.7 Å². The number of aryl methyl sites for hydroxylation is 1. The summed E-state index contributed by atoms with van der Waals surface area (Å²) >= 11 is 0. The number of anilines is 1. The predicted octanol–water partition coefficient (Wildman–Crippen LogP) is 4.41. The van der Waals surface area contributed by atoms with Crippen LogP contribution >= 0.6 is 0 Å². The second-order valence-corrected chi connectivity index (χ2v) is 8.43. The highest BCUT2D eigenvalue weighted by molar-refractivity contribution is 5.94. The van der Waals surface area contributed by atoms with Gasteiger partial charge >= 0.3 is 6.18 Å². The first-order chi connectivity index (χ1) is 13.8. The van der Waals surface area contributed by atoms with Crippen LogP contribution in [0.3, 0.4) is 0 Å². The van der Waals surface area contributed by atoms with E-state index in [-0.39, 0.29) is 29.7 Å². The summed E-state index contributed by atoms with van der Waals surface area (Å²) in [5, 5.41) is 2.71. The number of benzene rings is 1. The van der Waals surface area contributed by atoms with Crippen LogP contribution in [0, 0.1) is 30.6 Å². The van der Waals surface area contributed by atoms with Gasteiger partial charge in [-0.05, 0) is 60.6 Å². The predicted molar refractivity (Wildman–Crippen MR) is 100 cm³/mol. The van der Waals surface area contributed by atoms with Gasteiger partial charge in [-0.1, -0.05) is 13.0 Å². The van der Waals surface area contributed by atoms with Crippen molar-refractivity contribution in [3.63, 3.8) is 0 Å². The smallest absolute Gasteiger partial charge is 0.373 e. The van der Waals surface area contributed by atoms with E-state index in [4.69, 9.17) is 4.74 Å². The number of ether oxygens (including phenoxy) is 1. The Bertz CT molecular complexity index is 977. The number of hydrogen-bond donors (Lipinski definition) is 1. The summed E-state index contributed by atoms with van der Waals surface area (Å²) in [5.74, 6) is 0.498. The molecule has 2 aliphatic heterocycles. The maximum absolute atomic E-state index is 13.2. The Labute approximate surface area is 166 Å². The lowest BCUT2D eigenvalue weighted by atomic mass is 9.75. The fraction of sp³-hybridized carbons (Fsp3) is 0.455. The Kier molecular flexibility index (Phi) is 4.04. The summed E-state index contributed by atoms with van der Waals surface area (Å²) in [5.41, 5.74) is 1.24. The molecule has 3 heterocycles. The van der Waals surface area contributed by atoms with Crippen LogP contribution in [0.2, 0.25) is 0 Å². The summed E-state index contributed by atoms with van der Waals surface area (Å²) in [6, 6.07) is 8.64. The first-order valence-corrected chi connectivity index (χ1v) is 9.82. The molecule has 1 aromatic heterocycles. The van der Waals surface area contributed by atoms with Crippen molar-refractivity contribution < 1.29 is 22.7 Å². The molecular weight excluding hydrogens is 381 g/mol. The highest BCUT2D eigenvalue weighted by Crippen LogP contribution is 2.68. The number of amides is 1. The zero-order valence-corrected chi connectivity index (χ0v) is 16.0. The Morgan fingerprint density at radius 2 is 1.90 bits per heavy atom. The maximum Gasteiger partial charge on any atom is 0.416 e. The van der Waals surface area contributed by atoms with Crippen LogP contribution in [0.5, 0.6) is 0 Å². The van der Waals surface area contributed by atoms with E-state index in [1.165, 1.54) is 12.1 Å². The topological polar surface area (TPSA) is 51.2 Å². The lowest BCUT2D eigenvalue weighted by Gasteiger charge is -2.27. The Hall–Kier alpha value is -2.41. The number of carbonyl (C=O) groups is 1. The average Bonchev–Trinajstić information content (AvgIpc) is 3.03. The number of nitrogens with one attached hydrogen (secondary N) is 1. The third-order valence-electron chi connectivity index (χ3n) is 6.75. The minimum absolute atomic E-state index is 0.0286. The van der Waals surface area contributed by atoms with E-state index in [1.54, 1.807) is 6.20 Å². The molecule has 1 N–H and O–H groups in total. The van der Waals surface area contributed by atoms with Gasteiger partial charge in [-0.25, -0.2) is 0 Å². The molecule has 7 atom stereocenters. The van der Waals surface area contributed by atoms with Crippen molar-refractivity contribution in [2.75, 3.05) is 5.32 Å². The van der Waals surface area contributed by atoms with Gasteiger partial charge in [-0.3, -0.25) is 9.78 Å². The van der Waals surface area contributed by atoms with Gasteiger partial charge < -0.3 is 10.1 Å². The number of hydrogen-bond acceptors (Lipinski definition) is 3. The number of alkyl halides is 3. The number of carbonyl (C=O) groups excluding carboxylic acids is 1. The third-order valence-corrected chi connectivity index (χ3v) is 6.75. The molecule has 2 saturated heterocycles. The fourth-order valence-corrected chi connectivity index (χ4v) is 5.46. The number of pyridine rings is 1. The Morgan fingerprint density at radius 1 is 1.14 bits per heavy atom. The maximum atomic E-state index is 13.2. The molecule has 0 spiro atoms. The molecule has 0 radical (unpaired) electrons. The van der Waals surface area contributed by atoms with Gasteiger partial charge in [0.05, 0.1) is 23.7 Å². The molecule has 152 valence electrons. The van der Waals surface area contributed by atoms with Gasteiger partial charge in [0.25, 0.3) is 0 Å². The molecule has 1 aromatic carbocycles. The molecule has 29 heavy (non-hydrogen) atoms. The summed E-state index contributed by atoms with van der Waals surface area (Å²) in [6.07, 6.45) is -2.95. The van der Waals surface area contributed by atoms with Crippen LogP contribution in [-0.2, 0) is 15.7 Å². The van der Waals surface area contributed by atoms with E-state index < -0.39 is 17.7 Å². The van der Waals surface area contributed by atoms with E-state index >= 15 is 0 Å². The zero-order chi connectivity index (χ0) is 20.5. The molecule has 4 nitrogen and oxygen atoms in total. The van der Waals surface area contributed by atoms with Gasteiger partial charge in [-0.2, -0.15) is 13.2 Å². The second kappa shape index (κ2) is 6.29. The number of rotatable bonds is 3. The lowest BCUT2D eigenvalue weighted by Crippen LogP contribution is -2.37. The largest absolute Gasteiger partial charge is 0.416 e. The first kappa shape index (κ1) is 18.6. The minimum Gasteiger partial charge on any atom is -0.373 e. The molecule has 1 aliphatic carbocycles. The summed E-state index contributed by atoms with van der Waals surface area (Å²) in [4.78, 5) is 17.5. The van der Waals surface area contributed by atoms with Crippen LogP contribution in [-0.4, -0.2) is 23.1 Å². The first-order valence-electron chi connectivity index (χ1n) is 9.82. The summed E-state index contributed by atoms with van der Waals surface area (Å²) in [7, 11) is 0. The molecule has 7 heteroatoms. The SMILES string of the molecule is Cc1cc([C@@H]2[C@@H](C(=O)Nc3cccc(C(F)(F)F)c3)[C@@H]3O[C@H]2C2C3[C@@H]2C)ccn1. The number of aromatic nitrogens is 1. The average molecular weight is 402 g/mol. The van der Waals surface area contributed by atoms with Crippen molar-refractivity contribution >= 4 is 11.6 Å².